The Morgan fingerprint density at radius 1 is 1.05 bits per heavy atom. The summed E-state index contributed by atoms with van der Waals surface area (Å²) in [5.74, 6) is 0. The summed E-state index contributed by atoms with van der Waals surface area (Å²) in [4.78, 5) is 11.9. The van der Waals surface area contributed by atoms with E-state index in [4.69, 9.17) is 5.11 Å². The first-order valence-electron chi connectivity index (χ1n) is 7.45. The van der Waals surface area contributed by atoms with Crippen molar-refractivity contribution in [1.82, 2.24) is 10.6 Å². The largest absolute Gasteiger partial charge is 0.396 e. The Labute approximate surface area is 128 Å². The Morgan fingerprint density at radius 2 is 1.62 bits per heavy atom. The van der Waals surface area contributed by atoms with E-state index in [9.17, 15) is 4.79 Å². The third kappa shape index (κ3) is 6.17. The summed E-state index contributed by atoms with van der Waals surface area (Å²) in [6, 6.07) is 9.99. The maximum Gasteiger partial charge on any atom is 0.314 e. The van der Waals surface area contributed by atoms with Gasteiger partial charge in [-0.05, 0) is 17.4 Å². The number of hydrogen-bond donors (Lipinski definition) is 3. The fourth-order valence-corrected chi connectivity index (χ4v) is 2.07. The molecule has 3 N–H and O–H groups in total. The van der Waals surface area contributed by atoms with Crippen LogP contribution < -0.4 is 10.6 Å². The smallest absolute Gasteiger partial charge is 0.314 e. The Balaban J connectivity index is 2.43. The molecule has 4 nitrogen and oxygen atoms in total. The van der Waals surface area contributed by atoms with Crippen molar-refractivity contribution in [3.8, 4) is 0 Å². The van der Waals surface area contributed by atoms with Gasteiger partial charge in [-0.25, -0.2) is 4.79 Å². The third-order valence-corrected chi connectivity index (χ3v) is 3.76. The van der Waals surface area contributed by atoms with Gasteiger partial charge in [-0.15, -0.1) is 0 Å². The summed E-state index contributed by atoms with van der Waals surface area (Å²) in [5, 5.41) is 14.8. The lowest BCUT2D eigenvalue weighted by Gasteiger charge is -2.27. The van der Waals surface area contributed by atoms with E-state index in [1.807, 2.05) is 32.0 Å². The molecular formula is C17H28N2O2. The number of carbonyl (C=O) groups is 1. The molecule has 1 aromatic carbocycles. The van der Waals surface area contributed by atoms with Crippen LogP contribution in [0.5, 0.6) is 0 Å². The lowest BCUT2D eigenvalue weighted by molar-refractivity contribution is 0.200. The highest BCUT2D eigenvalue weighted by Crippen LogP contribution is 2.21. The first-order chi connectivity index (χ1) is 9.77. The molecule has 118 valence electrons. The van der Waals surface area contributed by atoms with E-state index in [-0.39, 0.29) is 23.5 Å². The summed E-state index contributed by atoms with van der Waals surface area (Å²) in [6.45, 7) is 9.53. The summed E-state index contributed by atoms with van der Waals surface area (Å²) in [7, 11) is 0. The van der Waals surface area contributed by atoms with Crippen LogP contribution in [0.15, 0.2) is 30.3 Å². The quantitative estimate of drug-likeness (QED) is 0.723. The second-order valence-electron chi connectivity index (χ2n) is 6.92. The van der Waals surface area contributed by atoms with Gasteiger partial charge < -0.3 is 15.7 Å². The normalized spacial score (nSPS) is 12.0. The first kappa shape index (κ1) is 17.5. The zero-order valence-electron chi connectivity index (χ0n) is 13.6. The molecule has 0 fully saturated rings. The molecule has 0 heterocycles. The molecule has 0 atom stereocenters. The van der Waals surface area contributed by atoms with Crippen molar-refractivity contribution < 1.29 is 9.90 Å². The van der Waals surface area contributed by atoms with Gasteiger partial charge in [-0.2, -0.15) is 0 Å². The fraction of sp³-hybridized carbons (Fsp3) is 0.588. The van der Waals surface area contributed by atoms with Gasteiger partial charge in [0.1, 0.15) is 0 Å². The molecule has 0 unspecified atom stereocenters. The van der Waals surface area contributed by atoms with Crippen LogP contribution in [0.2, 0.25) is 0 Å². The number of amides is 2. The number of carbonyl (C=O) groups excluding carboxylic acids is 1. The molecule has 21 heavy (non-hydrogen) atoms. The van der Waals surface area contributed by atoms with Gasteiger partial charge in [-0.1, -0.05) is 58.0 Å². The molecule has 0 aliphatic carbocycles. The van der Waals surface area contributed by atoms with E-state index < -0.39 is 0 Å². The molecule has 0 aromatic heterocycles. The highest BCUT2D eigenvalue weighted by Gasteiger charge is 2.22. The van der Waals surface area contributed by atoms with Gasteiger partial charge >= 0.3 is 6.03 Å². The minimum atomic E-state index is -0.162. The van der Waals surface area contributed by atoms with E-state index >= 15 is 0 Å². The second kappa shape index (κ2) is 7.46. The zero-order chi connectivity index (χ0) is 15.9. The minimum absolute atomic E-state index is 0.0962. The van der Waals surface area contributed by atoms with Crippen molar-refractivity contribution in [3.63, 3.8) is 0 Å². The Morgan fingerprint density at radius 3 is 2.19 bits per heavy atom. The SMILES string of the molecule is CC(C)(CCO)CNC(=O)NCC(C)(C)c1ccccc1. The van der Waals surface area contributed by atoms with Crippen LogP contribution in [0.25, 0.3) is 0 Å². The number of hydrogen-bond acceptors (Lipinski definition) is 2. The molecule has 0 aliphatic rings. The Hall–Kier alpha value is -1.55. The Kier molecular flexibility index (Phi) is 6.21. The van der Waals surface area contributed by atoms with Gasteiger partial charge in [0, 0.05) is 25.1 Å². The highest BCUT2D eigenvalue weighted by molar-refractivity contribution is 5.74. The molecule has 0 saturated heterocycles. The summed E-state index contributed by atoms with van der Waals surface area (Å²) in [5.41, 5.74) is 0.992. The second-order valence-corrected chi connectivity index (χ2v) is 6.92. The van der Waals surface area contributed by atoms with E-state index in [0.717, 1.165) is 0 Å². The Bertz CT molecular complexity index is 441. The van der Waals surface area contributed by atoms with Crippen LogP contribution in [0, 0.1) is 5.41 Å². The van der Waals surface area contributed by atoms with Crippen LogP contribution >= 0.6 is 0 Å². The molecule has 0 bridgehead atoms. The number of aliphatic hydroxyl groups is 1. The maximum absolute atomic E-state index is 11.9. The van der Waals surface area contributed by atoms with Crippen molar-refractivity contribution in [2.75, 3.05) is 19.7 Å². The van der Waals surface area contributed by atoms with E-state index in [0.29, 0.717) is 19.5 Å². The van der Waals surface area contributed by atoms with Gasteiger partial charge in [0.15, 0.2) is 0 Å². The van der Waals surface area contributed by atoms with E-state index in [1.54, 1.807) is 0 Å². The number of nitrogens with one attached hydrogen (secondary N) is 2. The van der Waals surface area contributed by atoms with E-state index in [1.165, 1.54) is 5.56 Å². The number of benzene rings is 1. The lowest BCUT2D eigenvalue weighted by atomic mass is 9.85. The molecule has 2 amide bonds. The van der Waals surface area contributed by atoms with Gasteiger partial charge in [0.25, 0.3) is 0 Å². The van der Waals surface area contributed by atoms with Crippen molar-refractivity contribution >= 4 is 6.03 Å². The average Bonchev–Trinajstić information content (AvgIpc) is 2.44. The average molecular weight is 292 g/mol. The molecule has 4 heteroatoms. The van der Waals surface area contributed by atoms with Crippen molar-refractivity contribution in [2.24, 2.45) is 5.41 Å². The molecule has 1 aromatic rings. The van der Waals surface area contributed by atoms with Crippen molar-refractivity contribution in [2.45, 2.75) is 39.5 Å². The number of rotatable bonds is 7. The van der Waals surface area contributed by atoms with Gasteiger partial charge in [0.05, 0.1) is 0 Å². The fourth-order valence-electron chi connectivity index (χ4n) is 2.07. The number of urea groups is 1. The zero-order valence-corrected chi connectivity index (χ0v) is 13.6. The minimum Gasteiger partial charge on any atom is -0.396 e. The van der Waals surface area contributed by atoms with Gasteiger partial charge in [0.2, 0.25) is 0 Å². The molecule has 0 aliphatic heterocycles. The molecule has 0 spiro atoms. The summed E-state index contributed by atoms with van der Waals surface area (Å²) in [6.07, 6.45) is 0.669. The van der Waals surface area contributed by atoms with E-state index in [2.05, 4.69) is 36.6 Å². The van der Waals surface area contributed by atoms with Crippen LogP contribution in [0.4, 0.5) is 4.79 Å². The van der Waals surface area contributed by atoms with Gasteiger partial charge in [-0.3, -0.25) is 0 Å². The van der Waals surface area contributed by atoms with Crippen LogP contribution in [-0.4, -0.2) is 30.8 Å². The monoisotopic (exact) mass is 292 g/mol. The standard InChI is InChI=1S/C17H28N2O2/c1-16(2,10-11-20)12-18-15(21)19-13-17(3,4)14-8-6-5-7-9-14/h5-9,20H,10-13H2,1-4H3,(H2,18,19,21). The highest BCUT2D eigenvalue weighted by atomic mass is 16.3. The number of aliphatic hydroxyl groups excluding tert-OH is 1. The lowest BCUT2D eigenvalue weighted by Crippen LogP contribution is -2.45. The summed E-state index contributed by atoms with van der Waals surface area (Å²) < 4.78 is 0. The van der Waals surface area contributed by atoms with Crippen LogP contribution in [0.1, 0.15) is 39.7 Å². The van der Waals surface area contributed by atoms with Crippen LogP contribution in [-0.2, 0) is 5.41 Å². The van der Waals surface area contributed by atoms with Crippen LogP contribution in [0.3, 0.4) is 0 Å². The predicted molar refractivity (Wildman–Crippen MR) is 86.4 cm³/mol. The topological polar surface area (TPSA) is 61.4 Å². The predicted octanol–water partition coefficient (Wildman–Crippen LogP) is 2.67. The van der Waals surface area contributed by atoms with Crippen molar-refractivity contribution in [1.29, 1.82) is 0 Å². The maximum atomic E-state index is 11.9. The third-order valence-electron chi connectivity index (χ3n) is 3.76. The van der Waals surface area contributed by atoms with Crippen molar-refractivity contribution in [3.05, 3.63) is 35.9 Å². The molecular weight excluding hydrogens is 264 g/mol. The molecule has 0 saturated carbocycles. The molecule has 0 radical (unpaired) electrons. The first-order valence-corrected chi connectivity index (χ1v) is 7.45. The molecule has 1 rings (SSSR count). The summed E-state index contributed by atoms with van der Waals surface area (Å²) >= 11 is 0.